The fourth-order valence-corrected chi connectivity index (χ4v) is 2.56. The van der Waals surface area contributed by atoms with Gasteiger partial charge in [-0.2, -0.15) is 0 Å². The molecule has 0 aliphatic carbocycles. The molecular weight excluding hydrogens is 224 g/mol. The van der Waals surface area contributed by atoms with Gasteiger partial charge in [0.05, 0.1) is 5.41 Å². The molecule has 1 heterocycles. The molecule has 3 nitrogen and oxygen atoms in total. The molecule has 0 radical (unpaired) electrons. The molecule has 18 heavy (non-hydrogen) atoms. The summed E-state index contributed by atoms with van der Waals surface area (Å²) < 4.78 is 0. The van der Waals surface area contributed by atoms with E-state index in [0.29, 0.717) is 0 Å². The van der Waals surface area contributed by atoms with Crippen molar-refractivity contribution in [1.29, 1.82) is 0 Å². The summed E-state index contributed by atoms with van der Waals surface area (Å²) in [6, 6.07) is 0. The smallest absolute Gasteiger partial charge is 0.235 e. The third-order valence-electron chi connectivity index (χ3n) is 3.65. The van der Waals surface area contributed by atoms with Crippen LogP contribution < -0.4 is 5.32 Å². The van der Waals surface area contributed by atoms with E-state index in [1.807, 2.05) is 33.2 Å². The first-order valence-corrected chi connectivity index (χ1v) is 6.48. The first kappa shape index (κ1) is 14.7. The van der Waals surface area contributed by atoms with Gasteiger partial charge in [-0.1, -0.05) is 25.7 Å². The van der Waals surface area contributed by atoms with E-state index in [0.717, 1.165) is 30.7 Å². The number of allylic oxidation sites excluding steroid dienone is 4. The lowest BCUT2D eigenvalue weighted by Gasteiger charge is -2.27. The maximum Gasteiger partial charge on any atom is 0.235 e. The normalized spacial score (nSPS) is 28.2. The second-order valence-electron chi connectivity index (χ2n) is 4.96. The van der Waals surface area contributed by atoms with Gasteiger partial charge in [-0.25, -0.2) is 0 Å². The molecule has 100 valence electrons. The van der Waals surface area contributed by atoms with Crippen LogP contribution in [0.2, 0.25) is 0 Å². The highest BCUT2D eigenvalue weighted by atomic mass is 16.2. The van der Waals surface area contributed by atoms with Crippen LogP contribution >= 0.6 is 0 Å². The summed E-state index contributed by atoms with van der Waals surface area (Å²) in [5.74, 6) is 0.119. The summed E-state index contributed by atoms with van der Waals surface area (Å²) in [7, 11) is 4.07. The predicted molar refractivity (Wildman–Crippen MR) is 76.1 cm³/mol. The number of nitrogens with zero attached hydrogens (tertiary/aromatic N) is 1. The summed E-state index contributed by atoms with van der Waals surface area (Å²) in [6.45, 7) is 8.68. The molecule has 0 bridgehead atoms. The van der Waals surface area contributed by atoms with Crippen LogP contribution in [0.4, 0.5) is 0 Å². The fourth-order valence-electron chi connectivity index (χ4n) is 2.56. The zero-order valence-electron chi connectivity index (χ0n) is 11.9. The Kier molecular flexibility index (Phi) is 4.91. The lowest BCUT2D eigenvalue weighted by atomic mass is 9.75. The van der Waals surface area contributed by atoms with E-state index in [9.17, 15) is 4.79 Å². The number of nitrogens with one attached hydrogen (secondary N) is 1. The van der Waals surface area contributed by atoms with E-state index in [-0.39, 0.29) is 11.3 Å². The Bertz CT molecular complexity index is 393. The highest BCUT2D eigenvalue weighted by Crippen LogP contribution is 2.43. The van der Waals surface area contributed by atoms with Crippen LogP contribution in [0.5, 0.6) is 0 Å². The molecule has 1 saturated heterocycles. The van der Waals surface area contributed by atoms with Gasteiger partial charge in [0.15, 0.2) is 0 Å². The van der Waals surface area contributed by atoms with E-state index in [1.54, 1.807) is 6.08 Å². The van der Waals surface area contributed by atoms with Gasteiger partial charge in [-0.15, -0.1) is 0 Å². The minimum absolute atomic E-state index is 0.119. The summed E-state index contributed by atoms with van der Waals surface area (Å²) in [4.78, 5) is 14.5. The Morgan fingerprint density at radius 3 is 2.56 bits per heavy atom. The molecule has 0 aromatic heterocycles. The Balaban J connectivity index is 3.12. The number of carbonyl (C=O) groups excluding carboxylic acids is 1. The molecule has 0 aromatic carbocycles. The molecular formula is C15H24N2O. The maximum atomic E-state index is 12.3. The summed E-state index contributed by atoms with van der Waals surface area (Å²) in [6.07, 6.45) is 7.31. The van der Waals surface area contributed by atoms with Crippen molar-refractivity contribution in [2.24, 2.45) is 5.41 Å². The first-order chi connectivity index (χ1) is 8.51. The average Bonchev–Trinajstić information content (AvgIpc) is 2.59. The van der Waals surface area contributed by atoms with Crippen molar-refractivity contribution in [1.82, 2.24) is 10.2 Å². The SMILES string of the molecule is C=C/C=C1/NC(=O)C(CC)(CCN(C)C)/C1=C/C. The van der Waals surface area contributed by atoms with Gasteiger partial charge in [0.2, 0.25) is 5.91 Å². The summed E-state index contributed by atoms with van der Waals surface area (Å²) >= 11 is 0. The minimum Gasteiger partial charge on any atom is -0.325 e. The molecule has 0 saturated carbocycles. The molecule has 1 aliphatic rings. The highest BCUT2D eigenvalue weighted by molar-refractivity contribution is 5.93. The molecule has 0 spiro atoms. The topological polar surface area (TPSA) is 32.3 Å². The van der Waals surface area contributed by atoms with Gasteiger partial charge >= 0.3 is 0 Å². The monoisotopic (exact) mass is 248 g/mol. The third-order valence-corrected chi connectivity index (χ3v) is 3.65. The van der Waals surface area contributed by atoms with Gasteiger partial charge in [-0.3, -0.25) is 4.79 Å². The first-order valence-electron chi connectivity index (χ1n) is 6.48. The minimum atomic E-state index is -0.381. The summed E-state index contributed by atoms with van der Waals surface area (Å²) in [5.41, 5.74) is 1.63. The van der Waals surface area contributed by atoms with Crippen LogP contribution in [0, 0.1) is 5.41 Å². The Morgan fingerprint density at radius 2 is 2.11 bits per heavy atom. The van der Waals surface area contributed by atoms with Crippen LogP contribution in [-0.2, 0) is 4.79 Å². The predicted octanol–water partition coefficient (Wildman–Crippen LogP) is 2.48. The van der Waals surface area contributed by atoms with Crippen LogP contribution in [0.3, 0.4) is 0 Å². The van der Waals surface area contributed by atoms with Crippen molar-refractivity contribution < 1.29 is 4.79 Å². The zero-order valence-corrected chi connectivity index (χ0v) is 11.9. The van der Waals surface area contributed by atoms with Gasteiger partial charge in [0, 0.05) is 5.70 Å². The van der Waals surface area contributed by atoms with E-state index < -0.39 is 0 Å². The molecule has 1 unspecified atom stereocenters. The highest BCUT2D eigenvalue weighted by Gasteiger charge is 2.46. The lowest BCUT2D eigenvalue weighted by molar-refractivity contribution is -0.126. The van der Waals surface area contributed by atoms with Crippen molar-refractivity contribution in [3.63, 3.8) is 0 Å². The van der Waals surface area contributed by atoms with E-state index in [1.165, 1.54) is 0 Å². The van der Waals surface area contributed by atoms with Crippen LogP contribution in [-0.4, -0.2) is 31.4 Å². The van der Waals surface area contributed by atoms with Gasteiger partial charge in [0.1, 0.15) is 0 Å². The molecule has 0 aromatic rings. The molecule has 1 amide bonds. The number of amides is 1. The van der Waals surface area contributed by atoms with Crippen molar-refractivity contribution in [3.8, 4) is 0 Å². The summed E-state index contributed by atoms with van der Waals surface area (Å²) in [5, 5.41) is 2.99. The van der Waals surface area contributed by atoms with E-state index >= 15 is 0 Å². The number of carbonyl (C=O) groups is 1. The molecule has 1 rings (SSSR count). The number of hydrogen-bond acceptors (Lipinski definition) is 2. The third kappa shape index (κ3) is 2.56. The quantitative estimate of drug-likeness (QED) is 0.810. The average molecular weight is 248 g/mol. The van der Waals surface area contributed by atoms with E-state index in [2.05, 4.69) is 23.7 Å². The maximum absolute atomic E-state index is 12.3. The number of hydrogen-bond donors (Lipinski definition) is 1. The fraction of sp³-hybridized carbons (Fsp3) is 0.533. The Morgan fingerprint density at radius 1 is 1.44 bits per heavy atom. The lowest BCUT2D eigenvalue weighted by Crippen LogP contribution is -2.34. The van der Waals surface area contributed by atoms with Crippen molar-refractivity contribution in [2.45, 2.75) is 26.7 Å². The Labute approximate surface area is 110 Å². The van der Waals surface area contributed by atoms with Crippen molar-refractivity contribution >= 4 is 5.91 Å². The standard InChI is InChI=1S/C15H24N2O/c1-6-9-13-12(7-2)15(8-3,14(18)16-13)10-11-17(4)5/h6-7,9H,1,8,10-11H2,2-5H3,(H,16,18)/b12-7+,13-9+. The molecule has 1 atom stereocenters. The number of rotatable bonds is 5. The van der Waals surface area contributed by atoms with Gasteiger partial charge in [-0.05, 0) is 52.1 Å². The largest absolute Gasteiger partial charge is 0.325 e. The van der Waals surface area contributed by atoms with Crippen LogP contribution in [0.25, 0.3) is 0 Å². The molecule has 1 N–H and O–H groups in total. The van der Waals surface area contributed by atoms with Gasteiger partial charge in [0.25, 0.3) is 0 Å². The van der Waals surface area contributed by atoms with Crippen LogP contribution in [0.15, 0.2) is 36.1 Å². The Hall–Kier alpha value is -1.35. The molecule has 3 heteroatoms. The second-order valence-corrected chi connectivity index (χ2v) is 4.96. The van der Waals surface area contributed by atoms with Gasteiger partial charge < -0.3 is 10.2 Å². The molecule has 1 aliphatic heterocycles. The molecule has 1 fully saturated rings. The van der Waals surface area contributed by atoms with Crippen LogP contribution in [0.1, 0.15) is 26.7 Å². The van der Waals surface area contributed by atoms with E-state index in [4.69, 9.17) is 0 Å². The zero-order chi connectivity index (χ0) is 13.8. The second kappa shape index (κ2) is 6.01. The van der Waals surface area contributed by atoms with Crippen molar-refractivity contribution in [2.75, 3.05) is 20.6 Å². The van der Waals surface area contributed by atoms with Crippen molar-refractivity contribution in [3.05, 3.63) is 36.1 Å².